The summed E-state index contributed by atoms with van der Waals surface area (Å²) in [5, 5.41) is 3.40. The van der Waals surface area contributed by atoms with Crippen molar-refractivity contribution in [3.8, 4) is 5.75 Å². The van der Waals surface area contributed by atoms with E-state index in [0.717, 1.165) is 38.3 Å². The normalized spacial score (nSPS) is 10.3. The van der Waals surface area contributed by atoms with Crippen molar-refractivity contribution in [2.24, 2.45) is 0 Å². The van der Waals surface area contributed by atoms with E-state index < -0.39 is 0 Å². The Morgan fingerprint density at radius 2 is 2.06 bits per heavy atom. The number of para-hydroxylation sites is 1. The van der Waals surface area contributed by atoms with Crippen molar-refractivity contribution in [1.29, 1.82) is 0 Å². The third-order valence-corrected chi connectivity index (χ3v) is 2.77. The van der Waals surface area contributed by atoms with Crippen molar-refractivity contribution in [2.45, 2.75) is 32.6 Å². The fraction of sp³-hybridized carbons (Fsp3) is 0.500. The van der Waals surface area contributed by atoms with Crippen LogP contribution in [0.1, 0.15) is 31.7 Å². The first kappa shape index (κ1) is 14.8. The van der Waals surface area contributed by atoms with Gasteiger partial charge in [-0.25, -0.2) is 0 Å². The van der Waals surface area contributed by atoms with Crippen LogP contribution in [-0.2, 0) is 6.42 Å². The fourth-order valence-electron chi connectivity index (χ4n) is 1.80. The molecule has 18 heavy (non-hydrogen) atoms. The number of hydrogen-bond donors (Lipinski definition) is 1. The number of nitrogens with one attached hydrogen (secondary N) is 1. The fourth-order valence-corrected chi connectivity index (χ4v) is 1.80. The van der Waals surface area contributed by atoms with Gasteiger partial charge in [0.25, 0.3) is 0 Å². The van der Waals surface area contributed by atoms with Gasteiger partial charge in [-0.05, 0) is 50.4 Å². The summed E-state index contributed by atoms with van der Waals surface area (Å²) in [6, 6.07) is 8.19. The molecular formula is C16H25NO. The van der Waals surface area contributed by atoms with Gasteiger partial charge >= 0.3 is 0 Å². The molecule has 1 N–H and O–H groups in total. The first-order valence-electron chi connectivity index (χ1n) is 6.90. The van der Waals surface area contributed by atoms with E-state index in [1.165, 1.54) is 18.4 Å². The van der Waals surface area contributed by atoms with Gasteiger partial charge < -0.3 is 10.1 Å². The molecule has 0 unspecified atom stereocenters. The Balaban J connectivity index is 2.20. The SMILES string of the molecule is C=CCc1ccccc1OCCCCNCCC. The Bertz CT molecular complexity index is 336. The molecule has 1 aromatic rings. The lowest BCUT2D eigenvalue weighted by atomic mass is 10.1. The highest BCUT2D eigenvalue weighted by molar-refractivity contribution is 5.34. The monoisotopic (exact) mass is 247 g/mol. The van der Waals surface area contributed by atoms with E-state index in [9.17, 15) is 0 Å². The maximum atomic E-state index is 5.82. The highest BCUT2D eigenvalue weighted by Crippen LogP contribution is 2.18. The van der Waals surface area contributed by atoms with Gasteiger partial charge in [0.2, 0.25) is 0 Å². The van der Waals surface area contributed by atoms with E-state index >= 15 is 0 Å². The van der Waals surface area contributed by atoms with Crippen molar-refractivity contribution < 1.29 is 4.74 Å². The standard InChI is InChI=1S/C16H25NO/c1-3-9-15-10-5-6-11-16(15)18-14-8-7-13-17-12-4-2/h3,5-6,10-11,17H,1,4,7-9,12-14H2,2H3. The molecule has 0 fully saturated rings. The van der Waals surface area contributed by atoms with Crippen LogP contribution >= 0.6 is 0 Å². The summed E-state index contributed by atoms with van der Waals surface area (Å²) in [6.07, 6.45) is 6.25. The van der Waals surface area contributed by atoms with E-state index in [1.54, 1.807) is 0 Å². The highest BCUT2D eigenvalue weighted by atomic mass is 16.5. The summed E-state index contributed by atoms with van der Waals surface area (Å²) in [5.74, 6) is 0.999. The van der Waals surface area contributed by atoms with Crippen LogP contribution in [0.15, 0.2) is 36.9 Å². The van der Waals surface area contributed by atoms with Gasteiger partial charge in [-0.15, -0.1) is 6.58 Å². The topological polar surface area (TPSA) is 21.3 Å². The molecule has 0 aliphatic heterocycles. The number of hydrogen-bond acceptors (Lipinski definition) is 2. The lowest BCUT2D eigenvalue weighted by Crippen LogP contribution is -2.16. The minimum atomic E-state index is 0.794. The second-order valence-electron chi connectivity index (χ2n) is 4.41. The third-order valence-electron chi connectivity index (χ3n) is 2.77. The number of rotatable bonds is 10. The number of ether oxygens (including phenoxy) is 1. The van der Waals surface area contributed by atoms with Crippen molar-refractivity contribution >= 4 is 0 Å². The molecular weight excluding hydrogens is 222 g/mol. The van der Waals surface area contributed by atoms with Crippen molar-refractivity contribution in [3.63, 3.8) is 0 Å². The summed E-state index contributed by atoms with van der Waals surface area (Å²) in [4.78, 5) is 0. The lowest BCUT2D eigenvalue weighted by Gasteiger charge is -2.10. The van der Waals surface area contributed by atoms with E-state index in [2.05, 4.69) is 24.9 Å². The molecule has 0 atom stereocenters. The first-order valence-corrected chi connectivity index (χ1v) is 6.90. The highest BCUT2D eigenvalue weighted by Gasteiger charge is 2.00. The zero-order valence-electron chi connectivity index (χ0n) is 11.5. The number of unbranched alkanes of at least 4 members (excludes halogenated alkanes) is 1. The molecule has 0 aliphatic rings. The zero-order valence-corrected chi connectivity index (χ0v) is 11.5. The van der Waals surface area contributed by atoms with Gasteiger partial charge in [-0.1, -0.05) is 31.2 Å². The quantitative estimate of drug-likeness (QED) is 0.504. The van der Waals surface area contributed by atoms with Crippen LogP contribution in [0.4, 0.5) is 0 Å². The molecule has 0 heterocycles. The van der Waals surface area contributed by atoms with E-state index in [1.807, 2.05) is 24.3 Å². The lowest BCUT2D eigenvalue weighted by molar-refractivity contribution is 0.303. The van der Waals surface area contributed by atoms with Gasteiger partial charge in [0, 0.05) is 0 Å². The van der Waals surface area contributed by atoms with Crippen LogP contribution in [0.2, 0.25) is 0 Å². The molecule has 0 saturated carbocycles. The molecule has 0 saturated heterocycles. The number of allylic oxidation sites excluding steroid dienone is 1. The molecule has 2 nitrogen and oxygen atoms in total. The van der Waals surface area contributed by atoms with Gasteiger partial charge in [0.05, 0.1) is 6.61 Å². The molecule has 0 radical (unpaired) electrons. The van der Waals surface area contributed by atoms with Crippen LogP contribution in [0, 0.1) is 0 Å². The van der Waals surface area contributed by atoms with Crippen LogP contribution in [-0.4, -0.2) is 19.7 Å². The molecule has 0 bridgehead atoms. The van der Waals surface area contributed by atoms with E-state index in [4.69, 9.17) is 4.74 Å². The van der Waals surface area contributed by atoms with Gasteiger partial charge in [-0.2, -0.15) is 0 Å². The number of benzene rings is 1. The smallest absolute Gasteiger partial charge is 0.122 e. The average Bonchev–Trinajstić information content (AvgIpc) is 2.40. The molecule has 0 aromatic heterocycles. The maximum absolute atomic E-state index is 5.82. The van der Waals surface area contributed by atoms with Gasteiger partial charge in [0.1, 0.15) is 5.75 Å². The Kier molecular flexibility index (Phi) is 7.98. The summed E-state index contributed by atoms with van der Waals surface area (Å²) in [6.45, 7) is 8.96. The van der Waals surface area contributed by atoms with Gasteiger partial charge in [0.15, 0.2) is 0 Å². The first-order chi connectivity index (χ1) is 8.88. The van der Waals surface area contributed by atoms with E-state index in [0.29, 0.717) is 0 Å². The molecule has 100 valence electrons. The summed E-state index contributed by atoms with van der Waals surface area (Å²) in [5.41, 5.74) is 1.22. The van der Waals surface area contributed by atoms with E-state index in [-0.39, 0.29) is 0 Å². The Hall–Kier alpha value is -1.28. The summed E-state index contributed by atoms with van der Waals surface area (Å²) in [7, 11) is 0. The largest absolute Gasteiger partial charge is 0.493 e. The maximum Gasteiger partial charge on any atom is 0.122 e. The van der Waals surface area contributed by atoms with Gasteiger partial charge in [-0.3, -0.25) is 0 Å². The zero-order chi connectivity index (χ0) is 13.1. The Morgan fingerprint density at radius 1 is 1.22 bits per heavy atom. The second-order valence-corrected chi connectivity index (χ2v) is 4.41. The molecule has 1 aromatic carbocycles. The molecule has 1 rings (SSSR count). The second kappa shape index (κ2) is 9.72. The minimum absolute atomic E-state index is 0.794. The summed E-state index contributed by atoms with van der Waals surface area (Å²) < 4.78 is 5.82. The van der Waals surface area contributed by atoms with Crippen LogP contribution in [0.3, 0.4) is 0 Å². The molecule has 0 spiro atoms. The third kappa shape index (κ3) is 5.87. The van der Waals surface area contributed by atoms with Crippen molar-refractivity contribution in [3.05, 3.63) is 42.5 Å². The van der Waals surface area contributed by atoms with Crippen LogP contribution < -0.4 is 10.1 Å². The molecule has 0 aliphatic carbocycles. The van der Waals surface area contributed by atoms with Crippen molar-refractivity contribution in [2.75, 3.05) is 19.7 Å². The Labute approximate surface area is 111 Å². The van der Waals surface area contributed by atoms with Crippen LogP contribution in [0.5, 0.6) is 5.75 Å². The average molecular weight is 247 g/mol. The summed E-state index contributed by atoms with van der Waals surface area (Å²) >= 11 is 0. The minimum Gasteiger partial charge on any atom is -0.493 e. The van der Waals surface area contributed by atoms with Crippen molar-refractivity contribution in [1.82, 2.24) is 5.32 Å². The van der Waals surface area contributed by atoms with Crippen LogP contribution in [0.25, 0.3) is 0 Å². The predicted molar refractivity (Wildman–Crippen MR) is 78.2 cm³/mol. The molecule has 0 amide bonds. The predicted octanol–water partition coefficient (Wildman–Crippen LogP) is 3.57. The molecule has 2 heteroatoms. The Morgan fingerprint density at radius 3 is 2.83 bits per heavy atom.